The number of nitro benzene ring substituents is 1. The number of nitrogens with one attached hydrogen (secondary N) is 3. The van der Waals surface area contributed by atoms with E-state index in [4.69, 9.17) is 58.6 Å². The molecule has 3 N–H and O–H groups in total. The summed E-state index contributed by atoms with van der Waals surface area (Å²) < 4.78 is -1.97. The Labute approximate surface area is 185 Å². The van der Waals surface area contributed by atoms with Crippen LogP contribution in [-0.4, -0.2) is 25.9 Å². The predicted octanol–water partition coefficient (Wildman–Crippen LogP) is 4.66. The summed E-state index contributed by atoms with van der Waals surface area (Å²) in [5, 5.41) is 19.5. The highest BCUT2D eigenvalue weighted by Crippen LogP contribution is 2.29. The Morgan fingerprint density at radius 3 is 2.32 bits per heavy atom. The molecule has 0 heterocycles. The van der Waals surface area contributed by atoms with Crippen LogP contribution in [0.4, 0.5) is 11.4 Å². The molecule has 0 saturated carbocycles. The molecule has 0 bridgehead atoms. The zero-order chi connectivity index (χ0) is 20.9. The second kappa shape index (κ2) is 9.58. The van der Waals surface area contributed by atoms with E-state index in [1.54, 1.807) is 24.3 Å². The molecule has 2 aromatic carbocycles. The summed E-state index contributed by atoms with van der Waals surface area (Å²) in [4.78, 5) is 22.7. The lowest BCUT2D eigenvalue weighted by Crippen LogP contribution is -2.56. The maximum Gasteiger partial charge on any atom is 0.270 e. The van der Waals surface area contributed by atoms with Gasteiger partial charge in [-0.1, -0.05) is 52.5 Å². The van der Waals surface area contributed by atoms with Gasteiger partial charge in [-0.15, -0.1) is 0 Å². The molecule has 0 radical (unpaired) electrons. The molecule has 0 unspecified atom stereocenters. The average molecular weight is 482 g/mol. The highest BCUT2D eigenvalue weighted by Gasteiger charge is 2.35. The van der Waals surface area contributed by atoms with Gasteiger partial charge in [0, 0.05) is 28.4 Å². The SMILES string of the molecule is O=C(N[C@H](NC(=S)Nc1ccc(Cl)cc1)C(Cl)(Cl)Cl)c1cccc([N+](=O)[O-])c1. The average Bonchev–Trinajstić information content (AvgIpc) is 2.62. The molecule has 0 saturated heterocycles. The Morgan fingerprint density at radius 1 is 1.11 bits per heavy atom. The van der Waals surface area contributed by atoms with Crippen molar-refractivity contribution in [1.82, 2.24) is 10.6 Å². The van der Waals surface area contributed by atoms with Gasteiger partial charge in [0.25, 0.3) is 11.6 Å². The van der Waals surface area contributed by atoms with Crippen molar-refractivity contribution in [3.63, 3.8) is 0 Å². The van der Waals surface area contributed by atoms with Crippen molar-refractivity contribution >= 4 is 81.0 Å². The summed E-state index contributed by atoms with van der Waals surface area (Å²) >= 11 is 28.7. The molecule has 0 aliphatic heterocycles. The van der Waals surface area contributed by atoms with E-state index in [1.165, 1.54) is 18.2 Å². The number of non-ortho nitro benzene ring substituents is 1. The minimum Gasteiger partial charge on any atom is -0.339 e. The number of nitro groups is 1. The van der Waals surface area contributed by atoms with Crippen LogP contribution >= 0.6 is 58.6 Å². The first-order valence-electron chi connectivity index (χ1n) is 7.51. The van der Waals surface area contributed by atoms with Gasteiger partial charge in [-0.25, -0.2) is 0 Å². The third-order valence-corrected chi connectivity index (χ3v) is 4.43. The smallest absolute Gasteiger partial charge is 0.270 e. The van der Waals surface area contributed by atoms with Crippen LogP contribution in [0.2, 0.25) is 5.02 Å². The summed E-state index contributed by atoms with van der Waals surface area (Å²) in [6.45, 7) is 0. The normalized spacial score (nSPS) is 12.0. The Kier molecular flexibility index (Phi) is 7.68. The zero-order valence-electron chi connectivity index (χ0n) is 13.8. The van der Waals surface area contributed by atoms with Gasteiger partial charge in [0.05, 0.1) is 4.92 Å². The largest absolute Gasteiger partial charge is 0.339 e. The van der Waals surface area contributed by atoms with E-state index in [9.17, 15) is 14.9 Å². The van der Waals surface area contributed by atoms with Crippen LogP contribution < -0.4 is 16.0 Å². The standard InChI is InChI=1S/C16H12Cl4N4O3S/c17-10-4-6-11(7-5-10)21-15(28)23-14(16(18,19)20)22-13(25)9-2-1-3-12(8-9)24(26)27/h1-8,14H,(H,22,25)(H2,21,23,28)/t14-/m1/s1. The van der Waals surface area contributed by atoms with Crippen molar-refractivity contribution in [3.8, 4) is 0 Å². The van der Waals surface area contributed by atoms with E-state index in [2.05, 4.69) is 16.0 Å². The molecule has 2 rings (SSSR count). The summed E-state index contributed by atoms with van der Waals surface area (Å²) in [7, 11) is 0. The van der Waals surface area contributed by atoms with Crippen LogP contribution in [-0.2, 0) is 0 Å². The highest BCUT2D eigenvalue weighted by atomic mass is 35.6. The maximum atomic E-state index is 12.4. The van der Waals surface area contributed by atoms with Gasteiger partial charge in [-0.3, -0.25) is 14.9 Å². The Hall–Kier alpha value is -1.84. The molecule has 2 aromatic rings. The molecule has 0 aliphatic rings. The number of nitrogens with zero attached hydrogens (tertiary/aromatic N) is 1. The number of carbonyl (C=O) groups is 1. The topological polar surface area (TPSA) is 96.3 Å². The first kappa shape index (κ1) is 22.4. The van der Waals surface area contributed by atoms with Gasteiger partial charge in [0.15, 0.2) is 5.11 Å². The van der Waals surface area contributed by atoms with E-state index in [-0.39, 0.29) is 16.4 Å². The molecule has 28 heavy (non-hydrogen) atoms. The molecular formula is C16H12Cl4N4O3S. The summed E-state index contributed by atoms with van der Waals surface area (Å²) in [6.07, 6.45) is -1.23. The van der Waals surface area contributed by atoms with Gasteiger partial charge in [-0.05, 0) is 42.5 Å². The number of rotatable bonds is 5. The lowest BCUT2D eigenvalue weighted by molar-refractivity contribution is -0.384. The van der Waals surface area contributed by atoms with E-state index in [1.807, 2.05) is 0 Å². The van der Waals surface area contributed by atoms with Gasteiger partial charge in [0.1, 0.15) is 6.17 Å². The van der Waals surface area contributed by atoms with E-state index in [0.29, 0.717) is 10.7 Å². The fraction of sp³-hybridized carbons (Fsp3) is 0.125. The summed E-state index contributed by atoms with van der Waals surface area (Å²) in [5.41, 5.74) is 0.396. The minimum absolute atomic E-state index is 0.0202. The Morgan fingerprint density at radius 2 is 1.75 bits per heavy atom. The molecule has 12 heteroatoms. The van der Waals surface area contributed by atoms with E-state index >= 15 is 0 Å². The quantitative estimate of drug-likeness (QED) is 0.189. The maximum absolute atomic E-state index is 12.4. The van der Waals surface area contributed by atoms with E-state index in [0.717, 1.165) is 6.07 Å². The van der Waals surface area contributed by atoms with E-state index < -0.39 is 20.8 Å². The molecule has 0 aromatic heterocycles. The van der Waals surface area contributed by atoms with Crippen LogP contribution in [0.1, 0.15) is 10.4 Å². The van der Waals surface area contributed by atoms with Crippen LogP contribution in [0.15, 0.2) is 48.5 Å². The fourth-order valence-electron chi connectivity index (χ4n) is 2.01. The number of hydrogen-bond donors (Lipinski definition) is 3. The molecule has 0 aliphatic carbocycles. The first-order chi connectivity index (χ1) is 13.1. The number of amides is 1. The lowest BCUT2D eigenvalue weighted by Gasteiger charge is -2.27. The third kappa shape index (κ3) is 6.65. The minimum atomic E-state index is -1.97. The summed E-state index contributed by atoms with van der Waals surface area (Å²) in [5.74, 6) is -0.693. The molecule has 148 valence electrons. The lowest BCUT2D eigenvalue weighted by atomic mass is 10.2. The number of anilines is 1. The van der Waals surface area contributed by atoms with Gasteiger partial charge >= 0.3 is 0 Å². The van der Waals surface area contributed by atoms with Crippen LogP contribution in [0.3, 0.4) is 0 Å². The monoisotopic (exact) mass is 480 g/mol. The van der Waals surface area contributed by atoms with Crippen LogP contribution in [0.5, 0.6) is 0 Å². The van der Waals surface area contributed by atoms with Gasteiger partial charge in [0.2, 0.25) is 3.79 Å². The predicted molar refractivity (Wildman–Crippen MR) is 115 cm³/mol. The number of carbonyl (C=O) groups excluding carboxylic acids is 1. The van der Waals surface area contributed by atoms with Crippen LogP contribution in [0, 0.1) is 10.1 Å². The van der Waals surface area contributed by atoms with Crippen molar-refractivity contribution in [2.45, 2.75) is 9.96 Å². The molecule has 1 amide bonds. The highest BCUT2D eigenvalue weighted by molar-refractivity contribution is 7.80. The number of alkyl halides is 3. The van der Waals surface area contributed by atoms with Crippen molar-refractivity contribution in [2.75, 3.05) is 5.32 Å². The zero-order valence-corrected chi connectivity index (χ0v) is 17.6. The van der Waals surface area contributed by atoms with Crippen molar-refractivity contribution in [1.29, 1.82) is 0 Å². The Bertz CT molecular complexity index is 890. The fourth-order valence-corrected chi connectivity index (χ4v) is 2.70. The first-order valence-corrected chi connectivity index (χ1v) is 9.43. The molecule has 1 atom stereocenters. The van der Waals surface area contributed by atoms with Crippen LogP contribution in [0.25, 0.3) is 0 Å². The second-order valence-corrected chi connectivity index (χ2v) is 8.57. The number of benzene rings is 2. The van der Waals surface area contributed by atoms with Crippen molar-refractivity contribution in [3.05, 3.63) is 69.2 Å². The third-order valence-electron chi connectivity index (χ3n) is 3.30. The molecule has 7 nitrogen and oxygen atoms in total. The number of thiocarbonyl (C=S) groups is 1. The van der Waals surface area contributed by atoms with Crippen molar-refractivity contribution < 1.29 is 9.72 Å². The van der Waals surface area contributed by atoms with Gasteiger partial charge < -0.3 is 16.0 Å². The number of halogens is 4. The Balaban J connectivity index is 2.10. The molecule has 0 spiro atoms. The molecule has 0 fully saturated rings. The number of hydrogen-bond acceptors (Lipinski definition) is 4. The summed E-state index contributed by atoms with van der Waals surface area (Å²) in [6, 6.07) is 11.8. The second-order valence-electron chi connectivity index (χ2n) is 5.36. The van der Waals surface area contributed by atoms with Gasteiger partial charge in [-0.2, -0.15) is 0 Å². The molecular weight excluding hydrogens is 470 g/mol. The van der Waals surface area contributed by atoms with Crippen molar-refractivity contribution in [2.24, 2.45) is 0 Å².